The van der Waals surface area contributed by atoms with Crippen molar-refractivity contribution < 1.29 is 32.1 Å². The number of carbonyl (C=O) groups is 1. The molecule has 1 heterocycles. The number of nitro groups is 1. The summed E-state index contributed by atoms with van der Waals surface area (Å²) in [5.41, 5.74) is -1.55. The zero-order chi connectivity index (χ0) is 19.3. The Bertz CT molecular complexity index is 804. The molecule has 0 radical (unpaired) electrons. The number of hydrogen-bond acceptors (Lipinski definition) is 7. The van der Waals surface area contributed by atoms with E-state index in [4.69, 9.17) is 9.26 Å². The number of ether oxygens (including phenoxy) is 1. The van der Waals surface area contributed by atoms with Gasteiger partial charge >= 0.3 is 12.1 Å². The molecule has 140 valence electrons. The number of aryl methyl sites for hydroxylation is 1. The molecule has 1 aromatic heterocycles. The predicted octanol–water partition coefficient (Wildman–Crippen LogP) is 3.46. The summed E-state index contributed by atoms with van der Waals surface area (Å²) in [7, 11) is 0. The minimum absolute atomic E-state index is 0.0527. The summed E-state index contributed by atoms with van der Waals surface area (Å²) >= 11 is 0. The molecule has 0 aliphatic carbocycles. The van der Waals surface area contributed by atoms with Crippen molar-refractivity contribution in [3.05, 3.63) is 51.4 Å². The molecule has 2 aromatic rings. The van der Waals surface area contributed by atoms with E-state index >= 15 is 0 Å². The van der Waals surface area contributed by atoms with Gasteiger partial charge in [0.25, 0.3) is 5.69 Å². The van der Waals surface area contributed by atoms with Crippen LogP contribution in [0.5, 0.6) is 0 Å². The lowest BCUT2D eigenvalue weighted by Gasteiger charge is -2.10. The number of carbonyl (C=O) groups excluding carboxylic acids is 1. The van der Waals surface area contributed by atoms with Crippen molar-refractivity contribution >= 4 is 17.3 Å². The SMILES string of the molecule is Cc1cc(COC(=O)CCNc2ccc(C(F)(F)F)cc2[N+](=O)[O-])no1. The van der Waals surface area contributed by atoms with Crippen LogP contribution in [-0.2, 0) is 22.3 Å². The summed E-state index contributed by atoms with van der Waals surface area (Å²) in [6, 6.07) is 3.70. The van der Waals surface area contributed by atoms with E-state index in [1.165, 1.54) is 0 Å². The van der Waals surface area contributed by atoms with Crippen molar-refractivity contribution in [3.8, 4) is 0 Å². The maximum atomic E-state index is 12.6. The van der Waals surface area contributed by atoms with Gasteiger partial charge in [-0.2, -0.15) is 13.2 Å². The number of benzene rings is 1. The zero-order valence-electron chi connectivity index (χ0n) is 13.5. The normalized spacial score (nSPS) is 11.2. The number of esters is 1. The number of anilines is 1. The van der Waals surface area contributed by atoms with Crippen LogP contribution in [0.1, 0.15) is 23.4 Å². The first kappa shape index (κ1) is 19.2. The molecule has 1 aromatic carbocycles. The molecule has 0 aliphatic heterocycles. The molecule has 0 amide bonds. The number of halogens is 3. The van der Waals surface area contributed by atoms with Crippen LogP contribution in [0, 0.1) is 17.0 Å². The Kier molecular flexibility index (Phi) is 5.80. The van der Waals surface area contributed by atoms with Crippen LogP contribution in [0.25, 0.3) is 0 Å². The Morgan fingerprint density at radius 3 is 2.69 bits per heavy atom. The van der Waals surface area contributed by atoms with Crippen molar-refractivity contribution in [3.63, 3.8) is 0 Å². The third-order valence-corrected chi connectivity index (χ3v) is 3.22. The molecular weight excluding hydrogens is 359 g/mol. The Morgan fingerprint density at radius 1 is 1.38 bits per heavy atom. The molecule has 0 unspecified atom stereocenters. The van der Waals surface area contributed by atoms with Crippen molar-refractivity contribution in [2.24, 2.45) is 0 Å². The standard InChI is InChI=1S/C15H14F3N3O5/c1-9-6-11(20-26-9)8-25-14(22)4-5-19-12-3-2-10(15(16,17)18)7-13(12)21(23)24/h2-3,6-7,19H,4-5,8H2,1H3. The second kappa shape index (κ2) is 7.85. The third-order valence-electron chi connectivity index (χ3n) is 3.22. The number of aromatic nitrogens is 1. The average Bonchev–Trinajstić information content (AvgIpc) is 2.97. The number of hydrogen-bond donors (Lipinski definition) is 1. The smallest absolute Gasteiger partial charge is 0.416 e. The first-order valence-corrected chi connectivity index (χ1v) is 7.34. The van der Waals surface area contributed by atoms with Crippen LogP contribution >= 0.6 is 0 Å². The highest BCUT2D eigenvalue weighted by Crippen LogP contribution is 2.34. The van der Waals surface area contributed by atoms with Crippen LogP contribution in [0.4, 0.5) is 24.5 Å². The van der Waals surface area contributed by atoms with Crippen molar-refractivity contribution in [2.75, 3.05) is 11.9 Å². The first-order chi connectivity index (χ1) is 12.2. The molecule has 8 nitrogen and oxygen atoms in total. The highest BCUT2D eigenvalue weighted by atomic mass is 19.4. The lowest BCUT2D eigenvalue weighted by atomic mass is 10.1. The van der Waals surface area contributed by atoms with E-state index in [1.807, 2.05) is 0 Å². The lowest BCUT2D eigenvalue weighted by Crippen LogP contribution is -2.13. The van der Waals surface area contributed by atoms with Gasteiger partial charge in [0.05, 0.1) is 16.9 Å². The summed E-state index contributed by atoms with van der Waals surface area (Å²) in [6.45, 7) is 1.54. The monoisotopic (exact) mass is 373 g/mol. The van der Waals surface area contributed by atoms with Crippen LogP contribution in [0.3, 0.4) is 0 Å². The van der Waals surface area contributed by atoms with Gasteiger partial charge in [-0.3, -0.25) is 14.9 Å². The average molecular weight is 373 g/mol. The number of nitro benzene ring substituents is 1. The summed E-state index contributed by atoms with van der Waals surface area (Å²) < 4.78 is 47.6. The van der Waals surface area contributed by atoms with E-state index in [1.54, 1.807) is 13.0 Å². The van der Waals surface area contributed by atoms with Crippen LogP contribution in [0.15, 0.2) is 28.8 Å². The molecule has 26 heavy (non-hydrogen) atoms. The molecule has 0 saturated heterocycles. The molecule has 1 N–H and O–H groups in total. The fraction of sp³-hybridized carbons (Fsp3) is 0.333. The second-order valence-corrected chi connectivity index (χ2v) is 5.25. The fourth-order valence-corrected chi connectivity index (χ4v) is 2.02. The maximum Gasteiger partial charge on any atom is 0.416 e. The van der Waals surface area contributed by atoms with Crippen molar-refractivity contribution in [1.82, 2.24) is 5.16 Å². The predicted molar refractivity (Wildman–Crippen MR) is 82.2 cm³/mol. The molecule has 0 spiro atoms. The minimum Gasteiger partial charge on any atom is -0.459 e. The van der Waals surface area contributed by atoms with Crippen LogP contribution < -0.4 is 5.32 Å². The number of nitrogens with zero attached hydrogens (tertiary/aromatic N) is 2. The summed E-state index contributed by atoms with van der Waals surface area (Å²) in [6.07, 6.45) is -4.83. The minimum atomic E-state index is -4.69. The zero-order valence-corrected chi connectivity index (χ0v) is 13.5. The van der Waals surface area contributed by atoms with Gasteiger partial charge in [0.2, 0.25) is 0 Å². The topological polar surface area (TPSA) is 108 Å². The molecule has 0 fully saturated rings. The molecule has 0 atom stereocenters. The van der Waals surface area contributed by atoms with Crippen LogP contribution in [0.2, 0.25) is 0 Å². The van der Waals surface area contributed by atoms with Gasteiger partial charge in [-0.05, 0) is 19.1 Å². The van der Waals surface area contributed by atoms with Gasteiger partial charge in [0, 0.05) is 18.7 Å². The van der Waals surface area contributed by atoms with Gasteiger partial charge in [0.1, 0.15) is 23.7 Å². The highest BCUT2D eigenvalue weighted by molar-refractivity contribution is 5.70. The van der Waals surface area contributed by atoms with Gasteiger partial charge < -0.3 is 14.6 Å². The van der Waals surface area contributed by atoms with E-state index in [0.717, 1.165) is 12.1 Å². The Hall–Kier alpha value is -3.11. The van der Waals surface area contributed by atoms with E-state index in [2.05, 4.69) is 10.5 Å². The van der Waals surface area contributed by atoms with Crippen molar-refractivity contribution in [1.29, 1.82) is 0 Å². The van der Waals surface area contributed by atoms with Gasteiger partial charge in [-0.25, -0.2) is 0 Å². The molecule has 2 rings (SSSR count). The molecule has 0 saturated carbocycles. The summed E-state index contributed by atoms with van der Waals surface area (Å²) in [5.74, 6) is -0.0416. The quantitative estimate of drug-likeness (QED) is 0.450. The van der Waals surface area contributed by atoms with E-state index in [-0.39, 0.29) is 25.3 Å². The van der Waals surface area contributed by atoms with Gasteiger partial charge in [-0.15, -0.1) is 0 Å². The molecule has 11 heteroatoms. The Morgan fingerprint density at radius 2 is 2.12 bits per heavy atom. The molecular formula is C15H14F3N3O5. The number of rotatable bonds is 7. The lowest BCUT2D eigenvalue weighted by molar-refractivity contribution is -0.384. The molecule has 0 bridgehead atoms. The second-order valence-electron chi connectivity index (χ2n) is 5.25. The van der Waals surface area contributed by atoms with E-state index < -0.39 is 28.3 Å². The summed E-state index contributed by atoms with van der Waals surface area (Å²) in [5, 5.41) is 17.2. The van der Waals surface area contributed by atoms with Crippen molar-refractivity contribution in [2.45, 2.75) is 26.1 Å². The van der Waals surface area contributed by atoms with Gasteiger partial charge in [0.15, 0.2) is 0 Å². The number of nitrogens with one attached hydrogen (secondary N) is 1. The summed E-state index contributed by atoms with van der Waals surface area (Å²) in [4.78, 5) is 21.6. The Balaban J connectivity index is 1.90. The van der Waals surface area contributed by atoms with E-state index in [0.29, 0.717) is 17.5 Å². The highest BCUT2D eigenvalue weighted by Gasteiger charge is 2.33. The third kappa shape index (κ3) is 5.19. The first-order valence-electron chi connectivity index (χ1n) is 7.34. The van der Waals surface area contributed by atoms with E-state index in [9.17, 15) is 28.1 Å². The Labute approximate surface area is 145 Å². The largest absolute Gasteiger partial charge is 0.459 e. The maximum absolute atomic E-state index is 12.6. The van der Waals surface area contributed by atoms with Gasteiger partial charge in [-0.1, -0.05) is 5.16 Å². The van der Waals surface area contributed by atoms with Crippen LogP contribution in [-0.4, -0.2) is 22.6 Å². The fourth-order valence-electron chi connectivity index (χ4n) is 2.02. The molecule has 0 aliphatic rings. The number of alkyl halides is 3.